The van der Waals surface area contributed by atoms with E-state index in [1.54, 1.807) is 52.1 Å². The van der Waals surface area contributed by atoms with Gasteiger partial charge in [0.1, 0.15) is 23.4 Å². The highest BCUT2D eigenvalue weighted by molar-refractivity contribution is 5.99. The lowest BCUT2D eigenvalue weighted by molar-refractivity contribution is -0.140. The maximum Gasteiger partial charge on any atom is 0.408 e. The van der Waals surface area contributed by atoms with Crippen LogP contribution in [0.5, 0.6) is 5.75 Å². The van der Waals surface area contributed by atoms with Gasteiger partial charge in [-0.1, -0.05) is 60.7 Å². The second-order valence-electron chi connectivity index (χ2n) is 10.0. The molecule has 39 heavy (non-hydrogen) atoms. The normalized spacial score (nSPS) is 12.5. The molecule has 8 heteroatoms. The molecule has 2 atom stereocenters. The first kappa shape index (κ1) is 29.2. The lowest BCUT2D eigenvalue weighted by atomic mass is 10.0. The first-order valence-electron chi connectivity index (χ1n) is 12.9. The molecule has 2 N–H and O–H groups in total. The fraction of sp³-hybridized carbons (Fsp3) is 0.323. The Hall–Kier alpha value is -4.33. The van der Waals surface area contributed by atoms with E-state index in [2.05, 4.69) is 10.6 Å². The van der Waals surface area contributed by atoms with Crippen molar-refractivity contribution in [1.82, 2.24) is 10.2 Å². The summed E-state index contributed by atoms with van der Waals surface area (Å²) in [6.07, 6.45) is -0.469. The molecule has 0 fully saturated rings. The maximum absolute atomic E-state index is 14.1. The van der Waals surface area contributed by atoms with Gasteiger partial charge in [0.25, 0.3) is 5.91 Å². The Morgan fingerprint density at radius 2 is 1.46 bits per heavy atom. The summed E-state index contributed by atoms with van der Waals surface area (Å²) in [7, 11) is 1.57. The number of rotatable bonds is 10. The topological polar surface area (TPSA) is 97.0 Å². The van der Waals surface area contributed by atoms with E-state index in [9.17, 15) is 14.4 Å². The minimum Gasteiger partial charge on any atom is -0.497 e. The van der Waals surface area contributed by atoms with Gasteiger partial charge < -0.3 is 25.0 Å². The van der Waals surface area contributed by atoms with Crippen LogP contribution in [-0.4, -0.2) is 48.1 Å². The van der Waals surface area contributed by atoms with Gasteiger partial charge in [0.15, 0.2) is 0 Å². The van der Waals surface area contributed by atoms with Crippen molar-refractivity contribution < 1.29 is 23.9 Å². The maximum atomic E-state index is 14.1. The van der Waals surface area contributed by atoms with Crippen LogP contribution in [0.1, 0.15) is 44.9 Å². The predicted molar refractivity (Wildman–Crippen MR) is 151 cm³/mol. The molecule has 0 aliphatic carbocycles. The summed E-state index contributed by atoms with van der Waals surface area (Å²) >= 11 is 0. The molecular weight excluding hydrogens is 494 g/mol. The molecule has 0 radical (unpaired) electrons. The summed E-state index contributed by atoms with van der Waals surface area (Å²) in [6, 6.07) is 23.6. The number of alkyl carbamates (subject to hydrolysis) is 1. The van der Waals surface area contributed by atoms with Crippen LogP contribution < -0.4 is 15.4 Å². The lowest BCUT2D eigenvalue weighted by Gasteiger charge is -2.33. The number of methoxy groups -OCH3 is 1. The quantitative estimate of drug-likeness (QED) is 0.367. The van der Waals surface area contributed by atoms with Crippen LogP contribution in [0.25, 0.3) is 0 Å². The van der Waals surface area contributed by atoms with Gasteiger partial charge in [0, 0.05) is 18.7 Å². The SMILES string of the molecule is CCN(C(=O)C(Cc1ccccc1)NC(=O)OC(C)(C)C)C(C(=O)Nc1ccc(OC)cc1)c1ccccc1. The monoisotopic (exact) mass is 531 g/mol. The van der Waals surface area contributed by atoms with Crippen molar-refractivity contribution in [1.29, 1.82) is 0 Å². The number of ether oxygens (including phenoxy) is 2. The fourth-order valence-corrected chi connectivity index (χ4v) is 4.16. The average Bonchev–Trinajstić information content (AvgIpc) is 2.91. The van der Waals surface area contributed by atoms with Gasteiger partial charge in [-0.25, -0.2) is 4.79 Å². The highest BCUT2D eigenvalue weighted by atomic mass is 16.6. The third-order valence-corrected chi connectivity index (χ3v) is 5.93. The lowest BCUT2D eigenvalue weighted by Crippen LogP contribution is -2.53. The van der Waals surface area contributed by atoms with Crippen LogP contribution in [0, 0.1) is 0 Å². The minimum absolute atomic E-state index is 0.232. The van der Waals surface area contributed by atoms with Crippen molar-refractivity contribution in [3.05, 3.63) is 96.1 Å². The number of hydrogen-bond acceptors (Lipinski definition) is 5. The molecule has 206 valence electrons. The van der Waals surface area contributed by atoms with E-state index in [1.165, 1.54) is 4.90 Å². The third kappa shape index (κ3) is 8.60. The molecule has 2 unspecified atom stereocenters. The molecule has 3 aromatic rings. The molecule has 3 rings (SSSR count). The molecule has 3 aromatic carbocycles. The standard InChI is InChI=1S/C31H37N3O5/c1-6-34(29(36)26(21-22-13-9-7-10-14-22)33-30(37)39-31(2,3)4)27(23-15-11-8-12-16-23)28(35)32-24-17-19-25(38-5)20-18-24/h7-20,26-27H,6,21H2,1-5H3,(H,32,35)(H,33,37). The van der Waals surface area contributed by atoms with E-state index in [1.807, 2.05) is 67.6 Å². The van der Waals surface area contributed by atoms with E-state index < -0.39 is 29.7 Å². The number of amides is 3. The molecule has 0 saturated carbocycles. The van der Waals surface area contributed by atoms with Gasteiger partial charge in [-0.2, -0.15) is 0 Å². The fourth-order valence-electron chi connectivity index (χ4n) is 4.16. The Balaban J connectivity index is 1.94. The largest absolute Gasteiger partial charge is 0.497 e. The van der Waals surface area contributed by atoms with E-state index in [0.717, 1.165) is 5.56 Å². The highest BCUT2D eigenvalue weighted by Crippen LogP contribution is 2.25. The Bertz CT molecular complexity index is 1220. The number of nitrogens with zero attached hydrogens (tertiary/aromatic N) is 1. The number of carbonyl (C=O) groups is 3. The van der Waals surface area contributed by atoms with Gasteiger partial charge in [0.2, 0.25) is 5.91 Å². The Morgan fingerprint density at radius 1 is 0.872 bits per heavy atom. The van der Waals surface area contributed by atoms with E-state index in [0.29, 0.717) is 17.0 Å². The molecule has 0 bridgehead atoms. The number of benzene rings is 3. The zero-order valence-corrected chi connectivity index (χ0v) is 23.1. The number of hydrogen-bond donors (Lipinski definition) is 2. The van der Waals surface area contributed by atoms with Crippen molar-refractivity contribution >= 4 is 23.6 Å². The van der Waals surface area contributed by atoms with E-state index >= 15 is 0 Å². The van der Waals surface area contributed by atoms with Crippen LogP contribution >= 0.6 is 0 Å². The van der Waals surface area contributed by atoms with Gasteiger partial charge >= 0.3 is 6.09 Å². The van der Waals surface area contributed by atoms with Crippen molar-refractivity contribution in [2.24, 2.45) is 0 Å². The summed E-state index contributed by atoms with van der Waals surface area (Å²) in [5.41, 5.74) is 1.34. The molecule has 8 nitrogen and oxygen atoms in total. The molecule has 0 spiro atoms. The molecule has 0 aromatic heterocycles. The molecule has 0 saturated heterocycles. The van der Waals surface area contributed by atoms with Crippen LogP contribution in [0.4, 0.5) is 10.5 Å². The summed E-state index contributed by atoms with van der Waals surface area (Å²) in [5, 5.41) is 5.67. The molecular formula is C31H37N3O5. The smallest absolute Gasteiger partial charge is 0.408 e. The number of nitrogens with one attached hydrogen (secondary N) is 2. The van der Waals surface area contributed by atoms with Crippen molar-refractivity contribution in [2.75, 3.05) is 19.0 Å². The first-order chi connectivity index (χ1) is 18.6. The molecule has 0 aliphatic rings. The molecule has 0 heterocycles. The van der Waals surface area contributed by atoms with Crippen LogP contribution in [0.3, 0.4) is 0 Å². The van der Waals surface area contributed by atoms with Gasteiger partial charge in [-0.15, -0.1) is 0 Å². The van der Waals surface area contributed by atoms with Gasteiger partial charge in [-0.05, 0) is 63.1 Å². The van der Waals surface area contributed by atoms with Gasteiger partial charge in [-0.3, -0.25) is 9.59 Å². The second-order valence-corrected chi connectivity index (χ2v) is 10.0. The minimum atomic E-state index is -0.956. The van der Waals surface area contributed by atoms with E-state index in [4.69, 9.17) is 9.47 Å². The van der Waals surface area contributed by atoms with Crippen molar-refractivity contribution in [3.63, 3.8) is 0 Å². The van der Waals surface area contributed by atoms with Crippen LogP contribution in [-0.2, 0) is 20.7 Å². The average molecular weight is 532 g/mol. The van der Waals surface area contributed by atoms with Crippen LogP contribution in [0.2, 0.25) is 0 Å². The summed E-state index contributed by atoms with van der Waals surface area (Å²) in [6.45, 7) is 7.31. The summed E-state index contributed by atoms with van der Waals surface area (Å²) < 4.78 is 10.7. The Labute approximate surface area is 230 Å². The number of anilines is 1. The molecule has 3 amide bonds. The summed E-state index contributed by atoms with van der Waals surface area (Å²) in [4.78, 5) is 42.0. The van der Waals surface area contributed by atoms with Crippen molar-refractivity contribution in [3.8, 4) is 5.75 Å². The van der Waals surface area contributed by atoms with Crippen molar-refractivity contribution in [2.45, 2.75) is 51.8 Å². The Morgan fingerprint density at radius 3 is 2.00 bits per heavy atom. The Kier molecular flexibility index (Phi) is 10.1. The van der Waals surface area contributed by atoms with Crippen LogP contribution in [0.15, 0.2) is 84.9 Å². The molecule has 0 aliphatic heterocycles. The number of likely N-dealkylation sites (N-methyl/N-ethyl adjacent to an activating group) is 1. The van der Waals surface area contributed by atoms with Gasteiger partial charge in [0.05, 0.1) is 7.11 Å². The third-order valence-electron chi connectivity index (χ3n) is 5.93. The second kappa shape index (κ2) is 13.5. The zero-order valence-electron chi connectivity index (χ0n) is 23.1. The zero-order chi connectivity index (χ0) is 28.4. The first-order valence-corrected chi connectivity index (χ1v) is 12.9. The predicted octanol–water partition coefficient (Wildman–Crippen LogP) is 5.36. The van der Waals surface area contributed by atoms with E-state index in [-0.39, 0.29) is 18.9 Å². The summed E-state index contributed by atoms with van der Waals surface area (Å²) in [5.74, 6) is -0.113. The number of carbonyl (C=O) groups excluding carboxylic acids is 3. The highest BCUT2D eigenvalue weighted by Gasteiger charge is 2.35.